The van der Waals surface area contributed by atoms with Gasteiger partial charge in [-0.15, -0.1) is 11.3 Å². The lowest BCUT2D eigenvalue weighted by molar-refractivity contribution is -0.132. The zero-order valence-electron chi connectivity index (χ0n) is 12.4. The Balaban J connectivity index is 2.15. The molecule has 1 N–H and O–H groups in total. The summed E-state index contributed by atoms with van der Waals surface area (Å²) in [6, 6.07) is 3.99. The summed E-state index contributed by atoms with van der Waals surface area (Å²) in [6.45, 7) is 4.97. The Labute approximate surface area is 123 Å². The van der Waals surface area contributed by atoms with Gasteiger partial charge in [0.15, 0.2) is 0 Å². The molecular formula is C14H22N2O3S. The number of rotatable bonds is 6. The first-order valence-electron chi connectivity index (χ1n) is 6.71. The average molecular weight is 298 g/mol. The molecule has 1 fully saturated rings. The highest BCUT2D eigenvalue weighted by molar-refractivity contribution is 7.12. The number of amides is 1. The SMILES string of the molecule is COCC(CN1C(=O)C(C)NC1c1ccc(C)s1)OC. The zero-order valence-corrected chi connectivity index (χ0v) is 13.2. The lowest BCUT2D eigenvalue weighted by Crippen LogP contribution is -2.39. The van der Waals surface area contributed by atoms with Gasteiger partial charge in [0.1, 0.15) is 6.17 Å². The summed E-state index contributed by atoms with van der Waals surface area (Å²) >= 11 is 1.71. The molecule has 20 heavy (non-hydrogen) atoms. The zero-order chi connectivity index (χ0) is 14.7. The van der Waals surface area contributed by atoms with Crippen LogP contribution in [0.2, 0.25) is 0 Å². The molecule has 2 heterocycles. The smallest absolute Gasteiger partial charge is 0.241 e. The number of thiophene rings is 1. The molecule has 6 heteroatoms. The standard InChI is InChI=1S/C14H22N2O3S/c1-9-5-6-12(20-9)13-15-10(2)14(17)16(13)7-11(19-4)8-18-3/h5-6,10-11,13,15H,7-8H2,1-4H3. The van der Waals surface area contributed by atoms with Crippen LogP contribution < -0.4 is 5.32 Å². The molecular weight excluding hydrogens is 276 g/mol. The number of aryl methyl sites for hydroxylation is 1. The van der Waals surface area contributed by atoms with Crippen LogP contribution in [-0.2, 0) is 14.3 Å². The van der Waals surface area contributed by atoms with Gasteiger partial charge >= 0.3 is 0 Å². The molecule has 5 nitrogen and oxygen atoms in total. The minimum absolute atomic E-state index is 0.0642. The first kappa shape index (κ1) is 15.4. The van der Waals surface area contributed by atoms with Crippen LogP contribution in [0.25, 0.3) is 0 Å². The summed E-state index contributed by atoms with van der Waals surface area (Å²) in [4.78, 5) is 16.6. The minimum Gasteiger partial charge on any atom is -0.382 e. The molecule has 0 saturated carbocycles. The van der Waals surface area contributed by atoms with Crippen molar-refractivity contribution in [3.05, 3.63) is 21.9 Å². The van der Waals surface area contributed by atoms with E-state index >= 15 is 0 Å². The predicted molar refractivity (Wildman–Crippen MR) is 78.8 cm³/mol. The molecule has 1 amide bonds. The number of hydrogen-bond acceptors (Lipinski definition) is 5. The van der Waals surface area contributed by atoms with Gasteiger partial charge in [-0.05, 0) is 26.0 Å². The van der Waals surface area contributed by atoms with E-state index in [1.165, 1.54) is 4.88 Å². The maximum Gasteiger partial charge on any atom is 0.241 e. The summed E-state index contributed by atoms with van der Waals surface area (Å²) in [6.07, 6.45) is -0.176. The van der Waals surface area contributed by atoms with Crippen molar-refractivity contribution in [1.82, 2.24) is 10.2 Å². The molecule has 112 valence electrons. The van der Waals surface area contributed by atoms with Crippen molar-refractivity contribution >= 4 is 17.2 Å². The van der Waals surface area contributed by atoms with Crippen LogP contribution in [0, 0.1) is 6.92 Å². The molecule has 1 aliphatic heterocycles. The quantitative estimate of drug-likeness (QED) is 0.865. The van der Waals surface area contributed by atoms with Gasteiger partial charge in [0.2, 0.25) is 5.91 Å². The van der Waals surface area contributed by atoms with E-state index in [1.54, 1.807) is 25.6 Å². The van der Waals surface area contributed by atoms with Crippen LogP contribution in [0.15, 0.2) is 12.1 Å². The molecule has 0 bridgehead atoms. The number of nitrogens with zero attached hydrogens (tertiary/aromatic N) is 1. The fraction of sp³-hybridized carbons (Fsp3) is 0.643. The lowest BCUT2D eigenvalue weighted by atomic mass is 10.3. The highest BCUT2D eigenvalue weighted by atomic mass is 32.1. The Morgan fingerprint density at radius 1 is 1.45 bits per heavy atom. The number of hydrogen-bond donors (Lipinski definition) is 1. The molecule has 0 radical (unpaired) electrons. The van der Waals surface area contributed by atoms with Crippen LogP contribution >= 0.6 is 11.3 Å². The Kier molecular flexibility index (Phi) is 5.15. The predicted octanol–water partition coefficient (Wildman–Crippen LogP) is 1.54. The molecule has 1 aliphatic rings. The topological polar surface area (TPSA) is 50.8 Å². The van der Waals surface area contributed by atoms with Crippen LogP contribution in [0.5, 0.6) is 0 Å². The maximum atomic E-state index is 12.3. The lowest BCUT2D eigenvalue weighted by Gasteiger charge is -2.27. The Morgan fingerprint density at radius 3 is 2.75 bits per heavy atom. The van der Waals surface area contributed by atoms with Gasteiger partial charge < -0.3 is 14.4 Å². The fourth-order valence-corrected chi connectivity index (χ4v) is 3.36. The van der Waals surface area contributed by atoms with Gasteiger partial charge in [0.05, 0.1) is 25.3 Å². The average Bonchev–Trinajstić information content (AvgIpc) is 2.96. The summed E-state index contributed by atoms with van der Waals surface area (Å²) in [5, 5.41) is 3.35. The third kappa shape index (κ3) is 3.20. The molecule has 0 aliphatic carbocycles. The summed E-state index contributed by atoms with van der Waals surface area (Å²) < 4.78 is 10.5. The Morgan fingerprint density at radius 2 is 2.20 bits per heavy atom. The minimum atomic E-state index is -0.164. The van der Waals surface area contributed by atoms with Gasteiger partial charge in [-0.3, -0.25) is 10.1 Å². The molecule has 0 aromatic carbocycles. The number of methoxy groups -OCH3 is 2. The number of nitrogens with one attached hydrogen (secondary N) is 1. The van der Waals surface area contributed by atoms with Gasteiger partial charge in [-0.2, -0.15) is 0 Å². The van der Waals surface area contributed by atoms with Crippen LogP contribution in [0.4, 0.5) is 0 Å². The van der Waals surface area contributed by atoms with Crippen LogP contribution in [0.1, 0.15) is 22.8 Å². The molecule has 1 aromatic heterocycles. The fourth-order valence-electron chi connectivity index (χ4n) is 2.41. The van der Waals surface area contributed by atoms with Crippen molar-refractivity contribution in [1.29, 1.82) is 0 Å². The van der Waals surface area contributed by atoms with E-state index in [2.05, 4.69) is 24.4 Å². The second-order valence-corrected chi connectivity index (χ2v) is 6.36. The monoisotopic (exact) mass is 298 g/mol. The normalized spacial score (nSPS) is 24.4. The molecule has 3 atom stereocenters. The largest absolute Gasteiger partial charge is 0.382 e. The second kappa shape index (κ2) is 6.67. The van der Waals surface area contributed by atoms with Gasteiger partial charge in [-0.25, -0.2) is 0 Å². The highest BCUT2D eigenvalue weighted by Crippen LogP contribution is 2.30. The molecule has 0 spiro atoms. The van der Waals surface area contributed by atoms with Crippen LogP contribution in [-0.4, -0.2) is 50.3 Å². The van der Waals surface area contributed by atoms with Crippen LogP contribution in [0.3, 0.4) is 0 Å². The van der Waals surface area contributed by atoms with Gasteiger partial charge in [0, 0.05) is 24.0 Å². The van der Waals surface area contributed by atoms with Gasteiger partial charge in [-0.1, -0.05) is 0 Å². The van der Waals surface area contributed by atoms with E-state index in [0.29, 0.717) is 13.2 Å². The summed E-state index contributed by atoms with van der Waals surface area (Å²) in [5.41, 5.74) is 0. The van der Waals surface area contributed by atoms with Crippen molar-refractivity contribution in [2.75, 3.05) is 27.4 Å². The van der Waals surface area contributed by atoms with E-state index in [1.807, 2.05) is 11.8 Å². The number of carbonyl (C=O) groups excluding carboxylic acids is 1. The van der Waals surface area contributed by atoms with E-state index in [4.69, 9.17) is 9.47 Å². The van der Waals surface area contributed by atoms with E-state index in [0.717, 1.165) is 4.88 Å². The third-order valence-corrected chi connectivity index (χ3v) is 4.54. The highest BCUT2D eigenvalue weighted by Gasteiger charge is 2.38. The van der Waals surface area contributed by atoms with E-state index in [-0.39, 0.29) is 24.2 Å². The molecule has 1 aromatic rings. The maximum absolute atomic E-state index is 12.3. The first-order chi connectivity index (χ1) is 9.56. The number of ether oxygens (including phenoxy) is 2. The molecule has 1 saturated heterocycles. The Hall–Kier alpha value is -0.950. The molecule has 2 rings (SSSR count). The van der Waals surface area contributed by atoms with Crippen molar-refractivity contribution in [3.8, 4) is 0 Å². The van der Waals surface area contributed by atoms with Crippen molar-refractivity contribution in [2.45, 2.75) is 32.2 Å². The second-order valence-electron chi connectivity index (χ2n) is 5.04. The van der Waals surface area contributed by atoms with E-state index in [9.17, 15) is 4.79 Å². The van der Waals surface area contributed by atoms with Crippen molar-refractivity contribution < 1.29 is 14.3 Å². The van der Waals surface area contributed by atoms with Crippen molar-refractivity contribution in [2.24, 2.45) is 0 Å². The summed E-state index contributed by atoms with van der Waals surface area (Å²) in [7, 11) is 3.28. The summed E-state index contributed by atoms with van der Waals surface area (Å²) in [5.74, 6) is 0.110. The Bertz CT molecular complexity index is 463. The first-order valence-corrected chi connectivity index (χ1v) is 7.53. The van der Waals surface area contributed by atoms with E-state index < -0.39 is 0 Å². The third-order valence-electron chi connectivity index (χ3n) is 3.49. The molecule has 3 unspecified atom stereocenters. The van der Waals surface area contributed by atoms with Gasteiger partial charge in [0.25, 0.3) is 0 Å². The van der Waals surface area contributed by atoms with Crippen molar-refractivity contribution in [3.63, 3.8) is 0 Å². The number of carbonyl (C=O) groups is 1.